The number of alkyl halides is 4. The van der Waals surface area contributed by atoms with Gasteiger partial charge >= 0.3 is 6.36 Å². The maximum Gasteiger partial charge on any atom is 0.573 e. The molecule has 0 aromatic heterocycles. The molecular weight excluding hydrogens is 342 g/mol. The second kappa shape index (κ2) is 5.66. The van der Waals surface area contributed by atoms with Crippen LogP contribution in [0, 0.1) is 0 Å². The topological polar surface area (TPSA) is 65.0 Å². The van der Waals surface area contributed by atoms with E-state index in [9.17, 15) is 26.0 Å². The molecule has 0 radical (unpaired) electrons. The first-order valence-corrected chi connectivity index (χ1v) is 7.95. The fourth-order valence-electron chi connectivity index (χ4n) is 1.93. The average molecular weight is 355 g/mol. The zero-order valence-corrected chi connectivity index (χ0v) is 12.9. The largest absolute Gasteiger partial charge is 0.573 e. The lowest BCUT2D eigenvalue weighted by molar-refractivity contribution is -0.275. The van der Waals surface area contributed by atoms with Gasteiger partial charge in [0, 0.05) is 12.0 Å². The van der Waals surface area contributed by atoms with Gasteiger partial charge in [-0.1, -0.05) is 23.4 Å². The summed E-state index contributed by atoms with van der Waals surface area (Å²) in [5, 5.41) is 2.78. The van der Waals surface area contributed by atoms with Crippen molar-refractivity contribution in [2.45, 2.75) is 37.7 Å². The summed E-state index contributed by atoms with van der Waals surface area (Å²) in [6, 6.07) is 4.12. The van der Waals surface area contributed by atoms with Crippen molar-refractivity contribution in [3.05, 3.63) is 29.8 Å². The Morgan fingerprint density at radius 2 is 1.91 bits per heavy atom. The number of halogens is 4. The van der Waals surface area contributed by atoms with E-state index in [2.05, 4.69) is 9.89 Å². The molecule has 0 saturated carbocycles. The molecule has 1 atom stereocenters. The Morgan fingerprint density at radius 3 is 2.43 bits per heavy atom. The minimum atomic E-state index is -5.07. The molecule has 1 aliphatic rings. The van der Waals surface area contributed by atoms with Crippen LogP contribution < -0.4 is 4.74 Å². The zero-order valence-electron chi connectivity index (χ0n) is 12.1. The van der Waals surface area contributed by atoms with Crippen LogP contribution in [-0.2, 0) is 14.7 Å². The summed E-state index contributed by atoms with van der Waals surface area (Å²) in [6.07, 6.45) is -5.26. The van der Waals surface area contributed by atoms with Crippen LogP contribution in [0.15, 0.2) is 29.4 Å². The van der Waals surface area contributed by atoms with Crippen molar-refractivity contribution in [3.8, 4) is 5.75 Å². The van der Waals surface area contributed by atoms with Gasteiger partial charge in [0.2, 0.25) is 15.3 Å². The number of hydrogen-bond donors (Lipinski definition) is 0. The van der Waals surface area contributed by atoms with Crippen molar-refractivity contribution in [2.75, 3.05) is 0 Å². The van der Waals surface area contributed by atoms with Gasteiger partial charge in [-0.3, -0.25) is 0 Å². The van der Waals surface area contributed by atoms with Crippen LogP contribution in [0.5, 0.6) is 5.75 Å². The van der Waals surface area contributed by atoms with Crippen LogP contribution in [0.3, 0.4) is 0 Å². The molecule has 0 saturated heterocycles. The zero-order chi connectivity index (χ0) is 17.5. The van der Waals surface area contributed by atoms with E-state index in [1.807, 2.05) is 0 Å². The Kier molecular flexibility index (Phi) is 4.31. The first-order chi connectivity index (χ1) is 10.4. The number of ether oxygens (including phenoxy) is 1. The quantitative estimate of drug-likeness (QED) is 0.779. The molecule has 1 aromatic rings. The van der Waals surface area contributed by atoms with Crippen molar-refractivity contribution in [3.63, 3.8) is 0 Å². The molecule has 0 N–H and O–H groups in total. The SMILES string of the molecule is CC1(C)CC(S(=O)(=O)C(F)c2ccccc2OC(F)(F)F)=NO1. The smallest absolute Gasteiger partial charge is 0.405 e. The number of para-hydroxylation sites is 1. The van der Waals surface area contributed by atoms with E-state index in [1.54, 1.807) is 13.8 Å². The number of benzene rings is 1. The number of nitrogens with zero attached hydrogens (tertiary/aromatic N) is 1. The van der Waals surface area contributed by atoms with Crippen LogP contribution in [0.25, 0.3) is 0 Å². The second-order valence-corrected chi connectivity index (χ2v) is 7.43. The molecule has 10 heteroatoms. The van der Waals surface area contributed by atoms with Crippen molar-refractivity contribution < 1.29 is 35.6 Å². The lowest BCUT2D eigenvalue weighted by Gasteiger charge is -2.16. The molecule has 23 heavy (non-hydrogen) atoms. The monoisotopic (exact) mass is 355 g/mol. The molecule has 5 nitrogen and oxygen atoms in total. The fourth-order valence-corrected chi connectivity index (χ4v) is 3.39. The Balaban J connectivity index is 2.36. The maximum atomic E-state index is 14.5. The molecule has 0 amide bonds. The molecule has 1 unspecified atom stereocenters. The molecule has 128 valence electrons. The molecule has 1 heterocycles. The van der Waals surface area contributed by atoms with Gasteiger partial charge in [0.15, 0.2) is 5.04 Å². The third-order valence-corrected chi connectivity index (χ3v) is 4.64. The third kappa shape index (κ3) is 3.92. The Morgan fingerprint density at radius 1 is 1.30 bits per heavy atom. The Bertz CT molecular complexity index is 728. The number of oxime groups is 1. The van der Waals surface area contributed by atoms with E-state index >= 15 is 0 Å². The number of rotatable bonds is 3. The second-order valence-electron chi connectivity index (χ2n) is 5.46. The van der Waals surface area contributed by atoms with Gasteiger partial charge in [0.05, 0.1) is 0 Å². The molecule has 0 fully saturated rings. The molecule has 0 spiro atoms. The molecule has 2 rings (SSSR count). The first kappa shape index (κ1) is 17.5. The molecular formula is C13H13F4NO4S. The minimum Gasteiger partial charge on any atom is -0.405 e. The molecule has 0 bridgehead atoms. The van der Waals surface area contributed by atoms with Crippen LogP contribution in [-0.4, -0.2) is 25.4 Å². The van der Waals surface area contributed by atoms with Gasteiger partial charge in [-0.2, -0.15) is 0 Å². The van der Waals surface area contributed by atoms with Crippen LogP contribution in [0.2, 0.25) is 0 Å². The predicted molar refractivity (Wildman–Crippen MR) is 73.1 cm³/mol. The summed E-state index contributed by atoms with van der Waals surface area (Å²) >= 11 is 0. The summed E-state index contributed by atoms with van der Waals surface area (Å²) in [7, 11) is -4.63. The van der Waals surface area contributed by atoms with Crippen molar-refractivity contribution in [2.24, 2.45) is 5.16 Å². The number of sulfone groups is 1. The van der Waals surface area contributed by atoms with Crippen LogP contribution >= 0.6 is 0 Å². The van der Waals surface area contributed by atoms with E-state index in [4.69, 9.17) is 4.84 Å². The summed E-state index contributed by atoms with van der Waals surface area (Å²) in [5.41, 5.74) is -4.43. The standard InChI is InChI=1S/C13H13F4NO4S/c1-12(2)7-10(18-22-12)23(19,20)11(14)8-5-3-4-6-9(8)21-13(15,16)17/h3-6,11H,7H2,1-2H3. The third-order valence-electron chi connectivity index (χ3n) is 2.96. The summed E-state index contributed by atoms with van der Waals surface area (Å²) < 4.78 is 79.6. The van der Waals surface area contributed by atoms with Crippen LogP contribution in [0.4, 0.5) is 17.6 Å². The van der Waals surface area contributed by atoms with Gasteiger partial charge in [-0.25, -0.2) is 12.8 Å². The van der Waals surface area contributed by atoms with E-state index in [0.29, 0.717) is 0 Å². The van der Waals surface area contributed by atoms with Gasteiger partial charge in [0.1, 0.15) is 11.4 Å². The van der Waals surface area contributed by atoms with Crippen molar-refractivity contribution in [1.82, 2.24) is 0 Å². The summed E-state index contributed by atoms with van der Waals surface area (Å²) in [6.45, 7) is 3.10. The van der Waals surface area contributed by atoms with E-state index in [-0.39, 0.29) is 6.42 Å². The van der Waals surface area contributed by atoms with E-state index in [1.165, 1.54) is 12.1 Å². The van der Waals surface area contributed by atoms with Crippen LogP contribution in [0.1, 0.15) is 31.3 Å². The summed E-state index contributed by atoms with van der Waals surface area (Å²) in [5.74, 6) is -0.921. The van der Waals surface area contributed by atoms with Gasteiger partial charge in [0.25, 0.3) is 0 Å². The highest BCUT2D eigenvalue weighted by molar-refractivity contribution is 8.06. The van der Waals surface area contributed by atoms with Gasteiger partial charge in [-0.05, 0) is 19.9 Å². The fraction of sp³-hybridized carbons (Fsp3) is 0.462. The van der Waals surface area contributed by atoms with Crippen molar-refractivity contribution >= 4 is 14.9 Å². The minimum absolute atomic E-state index is 0.182. The Labute approximate surface area is 129 Å². The summed E-state index contributed by atoms with van der Waals surface area (Å²) in [4.78, 5) is 4.87. The van der Waals surface area contributed by atoms with Gasteiger partial charge < -0.3 is 9.57 Å². The molecule has 1 aliphatic heterocycles. The lowest BCUT2D eigenvalue weighted by Crippen LogP contribution is -2.25. The van der Waals surface area contributed by atoms with Crippen molar-refractivity contribution in [1.29, 1.82) is 0 Å². The average Bonchev–Trinajstić information content (AvgIpc) is 2.78. The van der Waals surface area contributed by atoms with E-state index < -0.39 is 43.7 Å². The molecule has 0 aliphatic carbocycles. The van der Waals surface area contributed by atoms with E-state index in [0.717, 1.165) is 12.1 Å². The normalized spacial score (nSPS) is 19.0. The highest BCUT2D eigenvalue weighted by Crippen LogP contribution is 2.38. The predicted octanol–water partition coefficient (Wildman–Crippen LogP) is 3.48. The highest BCUT2D eigenvalue weighted by atomic mass is 32.2. The van der Waals surface area contributed by atoms with Gasteiger partial charge in [-0.15, -0.1) is 13.2 Å². The molecule has 1 aromatic carbocycles. The Hall–Kier alpha value is -1.84. The number of hydrogen-bond acceptors (Lipinski definition) is 5. The maximum absolute atomic E-state index is 14.5. The lowest BCUT2D eigenvalue weighted by atomic mass is 10.1. The first-order valence-electron chi connectivity index (χ1n) is 6.40. The highest BCUT2D eigenvalue weighted by Gasteiger charge is 2.43.